The quantitative estimate of drug-likeness (QED) is 0.524. The molecule has 94 valence electrons. The van der Waals surface area contributed by atoms with Gasteiger partial charge in [0.15, 0.2) is 0 Å². The van der Waals surface area contributed by atoms with Gasteiger partial charge in [-0.05, 0) is 0 Å². The monoisotopic (exact) mass is 377 g/mol. The maximum absolute atomic E-state index is 4.90. The van der Waals surface area contributed by atoms with Gasteiger partial charge in [-0.2, -0.15) is 35.3 Å². The van der Waals surface area contributed by atoms with Crippen molar-refractivity contribution in [3.63, 3.8) is 0 Å². The minimum absolute atomic E-state index is 0. The van der Waals surface area contributed by atoms with Crippen molar-refractivity contribution in [2.24, 2.45) is 11.5 Å². The van der Waals surface area contributed by atoms with Crippen LogP contribution >= 0.6 is 35.3 Å². The van der Waals surface area contributed by atoms with E-state index < -0.39 is 0 Å². The maximum Gasteiger partial charge on any atom is 2.00 e. The Morgan fingerprint density at radius 1 is 0.667 bits per heavy atom. The molecule has 1 saturated heterocycles. The van der Waals surface area contributed by atoms with Crippen molar-refractivity contribution in [3.8, 4) is 0 Å². The summed E-state index contributed by atoms with van der Waals surface area (Å²) in [6, 6.07) is 0. The van der Waals surface area contributed by atoms with E-state index in [1.807, 2.05) is 0 Å². The van der Waals surface area contributed by atoms with Crippen LogP contribution in [-0.2, 0) is 19.5 Å². The van der Waals surface area contributed by atoms with E-state index in [9.17, 15) is 0 Å². The third-order valence-electron chi connectivity index (χ3n) is 1.28. The molecule has 0 atom stereocenters. The summed E-state index contributed by atoms with van der Waals surface area (Å²) in [7, 11) is 0. The first-order valence-corrected chi connectivity index (χ1v) is 8.01. The molecule has 4 N–H and O–H groups in total. The fourth-order valence-electron chi connectivity index (χ4n) is 0.660. The fourth-order valence-corrected chi connectivity index (χ4v) is 4.10. The Kier molecular flexibility index (Phi) is 31.2. The summed E-state index contributed by atoms with van der Waals surface area (Å²) in [6.45, 7) is 1.19. The van der Waals surface area contributed by atoms with Gasteiger partial charge in [0.2, 0.25) is 0 Å². The molecule has 1 fully saturated rings. The molecular weight excluding hydrogens is 357 g/mol. The standard InChI is InChI=1S/C6H12S3.C2H8N2.ClH.Ru/c1-2-8-5-6-9-4-3-7-1;3-1-2-4;;/h1-6H2;1-4H2;1H;/q;;;+2/p-1. The van der Waals surface area contributed by atoms with E-state index >= 15 is 0 Å². The summed E-state index contributed by atoms with van der Waals surface area (Å²) in [5, 5.41) is 0. The zero-order valence-electron chi connectivity index (χ0n) is 8.77. The molecule has 0 aromatic rings. The van der Waals surface area contributed by atoms with Gasteiger partial charge in [-0.25, -0.2) is 0 Å². The van der Waals surface area contributed by atoms with Crippen molar-refractivity contribution in [3.05, 3.63) is 0 Å². The van der Waals surface area contributed by atoms with Gasteiger partial charge in [-0.3, -0.25) is 0 Å². The normalized spacial score (nSPS) is 16.4. The molecule has 0 spiro atoms. The van der Waals surface area contributed by atoms with Crippen LogP contribution in [0.1, 0.15) is 0 Å². The Morgan fingerprint density at radius 3 is 1.00 bits per heavy atom. The molecule has 0 bridgehead atoms. The molecule has 1 aliphatic heterocycles. The Balaban J connectivity index is -0.000000213. The molecule has 0 radical (unpaired) electrons. The summed E-state index contributed by atoms with van der Waals surface area (Å²) in [5.74, 6) is 8.20. The molecule has 1 aliphatic rings. The van der Waals surface area contributed by atoms with Crippen LogP contribution in [-0.4, -0.2) is 47.6 Å². The summed E-state index contributed by atoms with van der Waals surface area (Å²) >= 11 is 6.30. The fraction of sp³-hybridized carbons (Fsp3) is 1.00. The van der Waals surface area contributed by atoms with Crippen LogP contribution in [0.3, 0.4) is 0 Å². The molecule has 2 nitrogen and oxygen atoms in total. The van der Waals surface area contributed by atoms with E-state index in [2.05, 4.69) is 35.3 Å². The average Bonchev–Trinajstić information content (AvgIpc) is 2.33. The van der Waals surface area contributed by atoms with Crippen molar-refractivity contribution >= 4 is 35.3 Å². The van der Waals surface area contributed by atoms with E-state index in [0.29, 0.717) is 13.1 Å². The van der Waals surface area contributed by atoms with Gasteiger partial charge in [0.25, 0.3) is 0 Å². The molecule has 7 heteroatoms. The first-order valence-electron chi connectivity index (χ1n) is 4.55. The van der Waals surface area contributed by atoms with Gasteiger partial charge >= 0.3 is 19.5 Å². The topological polar surface area (TPSA) is 52.0 Å². The van der Waals surface area contributed by atoms with Gasteiger partial charge in [0.05, 0.1) is 0 Å². The first kappa shape index (κ1) is 22.1. The van der Waals surface area contributed by atoms with E-state index in [1.165, 1.54) is 34.5 Å². The number of hydrogen-bond donors (Lipinski definition) is 2. The second-order valence-corrected chi connectivity index (χ2v) is 6.09. The average molecular weight is 377 g/mol. The smallest absolute Gasteiger partial charge is 1.00 e. The van der Waals surface area contributed by atoms with Gasteiger partial charge in [0.1, 0.15) is 0 Å². The van der Waals surface area contributed by atoms with Gasteiger partial charge < -0.3 is 23.9 Å². The van der Waals surface area contributed by atoms with Gasteiger partial charge in [-0.1, -0.05) is 0 Å². The summed E-state index contributed by atoms with van der Waals surface area (Å²) in [4.78, 5) is 0. The van der Waals surface area contributed by atoms with Crippen molar-refractivity contribution in [2.45, 2.75) is 0 Å². The molecule has 1 heterocycles. The Hall–Kier alpha value is 1.88. The molecule has 0 aromatic heterocycles. The minimum Gasteiger partial charge on any atom is -1.00 e. The molecule has 0 aliphatic carbocycles. The van der Waals surface area contributed by atoms with E-state index in [4.69, 9.17) is 11.5 Å². The first-order chi connectivity index (χ1) is 6.41. The van der Waals surface area contributed by atoms with Crippen LogP contribution in [0.5, 0.6) is 0 Å². The number of hydrogen-bond acceptors (Lipinski definition) is 5. The van der Waals surface area contributed by atoms with Gasteiger partial charge in [0, 0.05) is 47.6 Å². The van der Waals surface area contributed by atoms with Crippen molar-refractivity contribution in [1.29, 1.82) is 0 Å². The Bertz CT molecular complexity index is 73.4. The van der Waals surface area contributed by atoms with Crippen molar-refractivity contribution in [1.82, 2.24) is 0 Å². The van der Waals surface area contributed by atoms with Gasteiger partial charge in [-0.15, -0.1) is 0 Å². The summed E-state index contributed by atoms with van der Waals surface area (Å²) < 4.78 is 0. The van der Waals surface area contributed by atoms with Crippen molar-refractivity contribution in [2.75, 3.05) is 47.6 Å². The number of rotatable bonds is 1. The molecular formula is C8H20ClN2RuS3+. The van der Waals surface area contributed by atoms with Crippen LogP contribution in [0.2, 0.25) is 0 Å². The second kappa shape index (κ2) is 21.2. The molecule has 0 unspecified atom stereocenters. The zero-order chi connectivity index (χ0) is 9.78. The largest absolute Gasteiger partial charge is 2.00 e. The molecule has 0 aromatic carbocycles. The molecule has 0 amide bonds. The SMILES string of the molecule is C1CSCCSCCS1.NCCN.[Cl-].[Ru+2]. The minimum atomic E-state index is 0. The zero-order valence-corrected chi connectivity index (χ0v) is 13.7. The van der Waals surface area contributed by atoms with E-state index in [0.717, 1.165) is 0 Å². The van der Waals surface area contributed by atoms with Crippen LogP contribution in [0, 0.1) is 0 Å². The van der Waals surface area contributed by atoms with E-state index in [-0.39, 0.29) is 31.9 Å². The second-order valence-electron chi connectivity index (χ2n) is 2.41. The predicted octanol–water partition coefficient (Wildman–Crippen LogP) is -1.90. The van der Waals surface area contributed by atoms with E-state index in [1.54, 1.807) is 0 Å². The molecule has 15 heavy (non-hydrogen) atoms. The van der Waals surface area contributed by atoms with Crippen LogP contribution < -0.4 is 23.9 Å². The van der Waals surface area contributed by atoms with Crippen molar-refractivity contribution < 1.29 is 31.9 Å². The van der Waals surface area contributed by atoms with Crippen LogP contribution in [0.25, 0.3) is 0 Å². The predicted molar refractivity (Wildman–Crippen MR) is 70.1 cm³/mol. The number of thioether (sulfide) groups is 3. The Morgan fingerprint density at radius 2 is 0.867 bits per heavy atom. The summed E-state index contributed by atoms with van der Waals surface area (Å²) in [5.41, 5.74) is 9.81. The molecule has 0 saturated carbocycles. The van der Waals surface area contributed by atoms with Crippen LogP contribution in [0.4, 0.5) is 0 Å². The maximum atomic E-state index is 4.90. The number of nitrogens with two attached hydrogens (primary N) is 2. The Labute approximate surface area is 125 Å². The molecule has 1 rings (SSSR count). The third kappa shape index (κ3) is 21.7. The number of halogens is 1. The summed E-state index contributed by atoms with van der Waals surface area (Å²) in [6.07, 6.45) is 0. The van der Waals surface area contributed by atoms with Crippen LogP contribution in [0.15, 0.2) is 0 Å². The third-order valence-corrected chi connectivity index (χ3v) is 5.01.